The molecule has 3 aromatic carbocycles. The Kier molecular flexibility index (Phi) is 5.15. The summed E-state index contributed by atoms with van der Waals surface area (Å²) >= 11 is 0. The van der Waals surface area contributed by atoms with Gasteiger partial charge < -0.3 is 29.3 Å². The molecule has 2 aliphatic heterocycles. The number of nitrogens with one attached hydrogen (secondary N) is 1. The van der Waals surface area contributed by atoms with Crippen LogP contribution in [0.1, 0.15) is 27.2 Å². The number of fused-ring (bicyclic) bond motifs is 3. The summed E-state index contributed by atoms with van der Waals surface area (Å²) in [6.45, 7) is 0.148. The second-order valence-corrected chi connectivity index (χ2v) is 8.34. The molecule has 4 aromatic rings. The molecular formula is C26H18FN3O6. The van der Waals surface area contributed by atoms with Crippen LogP contribution in [0.5, 0.6) is 5.75 Å². The van der Waals surface area contributed by atoms with E-state index in [1.54, 1.807) is 30.3 Å². The third-order valence-electron chi connectivity index (χ3n) is 6.08. The molecule has 0 fully saturated rings. The van der Waals surface area contributed by atoms with Crippen molar-refractivity contribution in [1.82, 2.24) is 0 Å². The Bertz CT molecular complexity index is 1540. The smallest absolute Gasteiger partial charge is 0.291 e. The molecule has 10 heteroatoms. The molecule has 36 heavy (non-hydrogen) atoms. The molecule has 0 unspecified atom stereocenters. The van der Waals surface area contributed by atoms with Crippen LogP contribution in [0.4, 0.5) is 15.8 Å². The maximum atomic E-state index is 14.3. The molecule has 0 saturated carbocycles. The summed E-state index contributed by atoms with van der Waals surface area (Å²) in [5.74, 6) is -0.953. The molecule has 0 atom stereocenters. The molecule has 0 aliphatic carbocycles. The van der Waals surface area contributed by atoms with Crippen molar-refractivity contribution in [3.63, 3.8) is 0 Å². The molecule has 0 saturated heterocycles. The highest BCUT2D eigenvalue weighted by molar-refractivity contribution is 6.54. The van der Waals surface area contributed by atoms with Crippen LogP contribution in [0, 0.1) is 5.82 Å². The highest BCUT2D eigenvalue weighted by atomic mass is 19.1. The number of rotatable bonds is 4. The summed E-state index contributed by atoms with van der Waals surface area (Å²) in [6, 6.07) is 16.3. The normalized spacial score (nSPS) is 15.6. The van der Waals surface area contributed by atoms with Crippen LogP contribution in [-0.2, 0) is 22.7 Å². The number of para-hydroxylation sites is 1. The predicted molar refractivity (Wildman–Crippen MR) is 127 cm³/mol. The summed E-state index contributed by atoms with van der Waals surface area (Å²) in [6.07, 6.45) is 0. The van der Waals surface area contributed by atoms with E-state index in [1.807, 2.05) is 18.2 Å². The molecule has 9 nitrogen and oxygen atoms in total. The summed E-state index contributed by atoms with van der Waals surface area (Å²) in [5.41, 5.74) is 2.55. The van der Waals surface area contributed by atoms with Crippen molar-refractivity contribution in [3.05, 3.63) is 88.9 Å². The van der Waals surface area contributed by atoms with Gasteiger partial charge >= 0.3 is 0 Å². The Balaban J connectivity index is 1.33. The number of amides is 2. The molecule has 0 radical (unpaired) electrons. The van der Waals surface area contributed by atoms with Gasteiger partial charge in [0.15, 0.2) is 18.3 Å². The van der Waals surface area contributed by atoms with Gasteiger partial charge in [0, 0.05) is 27.8 Å². The Morgan fingerprint density at radius 2 is 2.00 bits per heavy atom. The molecule has 6 rings (SSSR count). The Morgan fingerprint density at radius 1 is 1.14 bits per heavy atom. The van der Waals surface area contributed by atoms with Crippen molar-refractivity contribution < 1.29 is 33.1 Å². The van der Waals surface area contributed by atoms with E-state index in [0.717, 1.165) is 5.39 Å². The van der Waals surface area contributed by atoms with Gasteiger partial charge in [-0.25, -0.2) is 4.39 Å². The van der Waals surface area contributed by atoms with E-state index in [0.29, 0.717) is 39.4 Å². The van der Waals surface area contributed by atoms with Crippen LogP contribution in [-0.4, -0.2) is 29.5 Å². The van der Waals surface area contributed by atoms with Gasteiger partial charge in [0.05, 0.1) is 18.8 Å². The number of carbonyl (C=O) groups is 2. The first-order chi connectivity index (χ1) is 17.5. The number of ether oxygens (including phenoxy) is 2. The second kappa shape index (κ2) is 8.51. The highest BCUT2D eigenvalue weighted by Gasteiger charge is 2.36. The van der Waals surface area contributed by atoms with Crippen LogP contribution < -0.4 is 15.0 Å². The fourth-order valence-electron chi connectivity index (χ4n) is 4.47. The summed E-state index contributed by atoms with van der Waals surface area (Å²) in [4.78, 5) is 27.2. The van der Waals surface area contributed by atoms with Crippen molar-refractivity contribution in [3.8, 4) is 5.75 Å². The number of hydrogen-bond donors (Lipinski definition) is 2. The van der Waals surface area contributed by atoms with Crippen LogP contribution in [0.3, 0.4) is 0 Å². The monoisotopic (exact) mass is 487 g/mol. The molecule has 2 aliphatic rings. The minimum absolute atomic E-state index is 0.0114. The lowest BCUT2D eigenvalue weighted by Crippen LogP contribution is -2.30. The van der Waals surface area contributed by atoms with Gasteiger partial charge in [0.2, 0.25) is 0 Å². The van der Waals surface area contributed by atoms with Crippen LogP contribution in [0.15, 0.2) is 70.2 Å². The number of anilines is 2. The zero-order chi connectivity index (χ0) is 24.8. The first-order valence-electron chi connectivity index (χ1n) is 11.0. The lowest BCUT2D eigenvalue weighted by Gasteiger charge is -2.24. The molecule has 3 heterocycles. The maximum absolute atomic E-state index is 14.3. The van der Waals surface area contributed by atoms with E-state index >= 15 is 0 Å². The number of hydrogen-bond acceptors (Lipinski definition) is 7. The van der Waals surface area contributed by atoms with Gasteiger partial charge in [-0.1, -0.05) is 23.4 Å². The third-order valence-corrected chi connectivity index (χ3v) is 6.08. The Hall–Kier alpha value is -4.70. The lowest BCUT2D eigenvalue weighted by atomic mass is 10.1. The van der Waals surface area contributed by atoms with E-state index in [2.05, 4.69) is 10.5 Å². The van der Waals surface area contributed by atoms with Gasteiger partial charge in [-0.05, 0) is 42.5 Å². The highest BCUT2D eigenvalue weighted by Crippen LogP contribution is 2.37. The quantitative estimate of drug-likeness (QED) is 0.326. The van der Waals surface area contributed by atoms with Gasteiger partial charge in [-0.15, -0.1) is 0 Å². The lowest BCUT2D eigenvalue weighted by molar-refractivity contribution is -0.112. The van der Waals surface area contributed by atoms with E-state index < -0.39 is 17.6 Å². The van der Waals surface area contributed by atoms with Crippen molar-refractivity contribution >= 4 is 39.9 Å². The topological polar surface area (TPSA) is 114 Å². The fraction of sp³-hybridized carbons (Fsp3) is 0.115. The number of furan rings is 1. The van der Waals surface area contributed by atoms with Crippen molar-refractivity contribution in [2.24, 2.45) is 5.16 Å². The van der Waals surface area contributed by atoms with E-state index in [1.165, 1.54) is 17.0 Å². The van der Waals surface area contributed by atoms with Crippen molar-refractivity contribution in [2.75, 3.05) is 17.0 Å². The molecule has 180 valence electrons. The molecule has 2 amide bonds. The predicted octanol–water partition coefficient (Wildman–Crippen LogP) is 4.42. The zero-order valence-electron chi connectivity index (χ0n) is 18.7. The maximum Gasteiger partial charge on any atom is 0.291 e. The fourth-order valence-corrected chi connectivity index (χ4v) is 4.47. The number of halogens is 1. The Labute approximate surface area is 203 Å². The van der Waals surface area contributed by atoms with E-state index in [9.17, 15) is 19.2 Å². The number of nitrogens with zero attached hydrogens (tertiary/aromatic N) is 2. The average molecular weight is 487 g/mol. The number of oxime groups is 1. The van der Waals surface area contributed by atoms with Crippen LogP contribution >= 0.6 is 0 Å². The number of carbonyl (C=O) groups excluding carboxylic acids is 2. The molecule has 1 aromatic heterocycles. The first kappa shape index (κ1) is 21.8. The summed E-state index contributed by atoms with van der Waals surface area (Å²) < 4.78 is 30.7. The zero-order valence-corrected chi connectivity index (χ0v) is 18.7. The van der Waals surface area contributed by atoms with E-state index in [-0.39, 0.29) is 31.4 Å². The molecular weight excluding hydrogens is 469 g/mol. The Morgan fingerprint density at radius 3 is 2.83 bits per heavy atom. The summed E-state index contributed by atoms with van der Waals surface area (Å²) in [7, 11) is 0. The van der Waals surface area contributed by atoms with Gasteiger partial charge in [0.25, 0.3) is 11.8 Å². The number of benzene rings is 3. The largest absolute Gasteiger partial charge is 0.467 e. The minimum Gasteiger partial charge on any atom is -0.467 e. The third kappa shape index (κ3) is 3.64. The van der Waals surface area contributed by atoms with Gasteiger partial charge in [-0.3, -0.25) is 9.59 Å². The van der Waals surface area contributed by atoms with Gasteiger partial charge in [-0.2, -0.15) is 0 Å². The van der Waals surface area contributed by atoms with Crippen molar-refractivity contribution in [1.29, 1.82) is 0 Å². The second-order valence-electron chi connectivity index (χ2n) is 8.34. The SMILES string of the molecule is O=C(Nc1ccc2c(c1)N(Cc1cc(F)cc3c1OCOC3)C(=O)/C2=N\O)c1cc2ccccc2o1. The minimum atomic E-state index is -0.571. The average Bonchev–Trinajstić information content (AvgIpc) is 3.43. The van der Waals surface area contributed by atoms with E-state index in [4.69, 9.17) is 13.9 Å². The van der Waals surface area contributed by atoms with Gasteiger partial charge in [0.1, 0.15) is 17.1 Å². The van der Waals surface area contributed by atoms with Crippen LogP contribution in [0.2, 0.25) is 0 Å². The first-order valence-corrected chi connectivity index (χ1v) is 11.0. The van der Waals surface area contributed by atoms with Crippen molar-refractivity contribution in [2.45, 2.75) is 13.2 Å². The molecule has 0 bridgehead atoms. The molecule has 2 N–H and O–H groups in total. The summed E-state index contributed by atoms with van der Waals surface area (Å²) in [5, 5.41) is 16.2. The van der Waals surface area contributed by atoms with Crippen LogP contribution in [0.25, 0.3) is 11.0 Å². The molecule has 0 spiro atoms. The standard InChI is InChI=1S/C26H18FN3O6/c27-17-7-15(24-16(8-17)12-34-13-35-24)11-30-20-10-18(5-6-19(20)23(29-33)26(30)32)28-25(31)22-9-14-3-1-2-4-21(14)36-22/h1-10,33H,11-13H2,(H,28,31)/b29-23-.